The lowest BCUT2D eigenvalue weighted by Crippen LogP contribution is -2.47. The van der Waals surface area contributed by atoms with E-state index in [0.29, 0.717) is 23.2 Å². The van der Waals surface area contributed by atoms with Gasteiger partial charge >= 0.3 is 0 Å². The van der Waals surface area contributed by atoms with Gasteiger partial charge in [0, 0.05) is 5.69 Å². The number of hydrogen-bond donors (Lipinski definition) is 1. The Hall–Kier alpha value is -2.95. The second-order valence-corrected chi connectivity index (χ2v) is 6.99. The number of nitrogens with one attached hydrogen (secondary N) is 1. The molecule has 1 heterocycles. The van der Waals surface area contributed by atoms with Crippen LogP contribution in [0.5, 0.6) is 0 Å². The van der Waals surface area contributed by atoms with Crippen LogP contribution in [0.2, 0.25) is 0 Å². The van der Waals surface area contributed by atoms with Gasteiger partial charge in [-0.15, -0.1) is 0 Å². The van der Waals surface area contributed by atoms with Crippen LogP contribution in [0.3, 0.4) is 0 Å². The van der Waals surface area contributed by atoms with Crippen LogP contribution in [-0.2, 0) is 4.79 Å². The summed E-state index contributed by atoms with van der Waals surface area (Å²) >= 11 is 0. The van der Waals surface area contributed by atoms with Gasteiger partial charge in [0.1, 0.15) is 6.04 Å². The molecule has 0 saturated carbocycles. The van der Waals surface area contributed by atoms with E-state index in [4.69, 9.17) is 0 Å². The predicted octanol–water partition coefficient (Wildman–Crippen LogP) is 4.10. The van der Waals surface area contributed by atoms with Crippen molar-refractivity contribution < 1.29 is 14.4 Å². The van der Waals surface area contributed by atoms with Gasteiger partial charge in [0.2, 0.25) is 5.91 Å². The number of rotatable bonds is 6. The molecule has 2 aromatic rings. The number of aryl methyl sites for hydroxylation is 2. The number of amides is 3. The monoisotopic (exact) mass is 364 g/mol. The van der Waals surface area contributed by atoms with E-state index in [-0.39, 0.29) is 5.91 Å². The smallest absolute Gasteiger partial charge is 0.262 e. The standard InChI is InChI=1S/C22H24N2O3/c1-4-5-10-19(20(25)23-18-12-11-14(2)13-15(18)3)24-21(26)16-8-6-7-9-17(16)22(24)27/h6-9,11-13,19H,4-5,10H2,1-3H3,(H,23,25). The molecule has 0 spiro atoms. The number of imide groups is 1. The highest BCUT2D eigenvalue weighted by atomic mass is 16.2. The molecule has 0 radical (unpaired) electrons. The van der Waals surface area contributed by atoms with Crippen molar-refractivity contribution in [2.45, 2.75) is 46.1 Å². The van der Waals surface area contributed by atoms with E-state index in [1.54, 1.807) is 24.3 Å². The largest absolute Gasteiger partial charge is 0.324 e. The second-order valence-electron chi connectivity index (χ2n) is 6.99. The maximum Gasteiger partial charge on any atom is 0.262 e. The van der Waals surface area contributed by atoms with Gasteiger partial charge in [-0.2, -0.15) is 0 Å². The van der Waals surface area contributed by atoms with E-state index < -0.39 is 17.9 Å². The zero-order valence-electron chi connectivity index (χ0n) is 15.9. The summed E-state index contributed by atoms with van der Waals surface area (Å²) in [4.78, 5) is 39.8. The number of carbonyl (C=O) groups is 3. The first-order chi connectivity index (χ1) is 12.9. The van der Waals surface area contributed by atoms with Gasteiger partial charge in [-0.05, 0) is 44.0 Å². The highest BCUT2D eigenvalue weighted by Crippen LogP contribution is 2.27. The molecule has 2 aromatic carbocycles. The third kappa shape index (κ3) is 3.63. The summed E-state index contributed by atoms with van der Waals surface area (Å²) in [6.07, 6.45) is 2.06. The normalized spacial score (nSPS) is 14.3. The lowest BCUT2D eigenvalue weighted by Gasteiger charge is -2.25. The SMILES string of the molecule is CCCCC(C(=O)Nc1ccc(C)cc1C)N1C(=O)c2ccccc2C1=O. The third-order valence-corrected chi connectivity index (χ3v) is 4.91. The Morgan fingerprint density at radius 3 is 2.22 bits per heavy atom. The molecule has 1 atom stereocenters. The summed E-state index contributed by atoms with van der Waals surface area (Å²) in [7, 11) is 0. The van der Waals surface area contributed by atoms with Crippen LogP contribution in [0.1, 0.15) is 58.0 Å². The first kappa shape index (κ1) is 18.8. The number of carbonyl (C=O) groups excluding carboxylic acids is 3. The van der Waals surface area contributed by atoms with Gasteiger partial charge in [-0.3, -0.25) is 19.3 Å². The van der Waals surface area contributed by atoms with E-state index in [9.17, 15) is 14.4 Å². The molecule has 5 nitrogen and oxygen atoms in total. The number of anilines is 1. The summed E-state index contributed by atoms with van der Waals surface area (Å²) in [5, 5.41) is 2.91. The molecule has 1 aliphatic heterocycles. The van der Waals surface area contributed by atoms with Crippen molar-refractivity contribution >= 4 is 23.4 Å². The minimum atomic E-state index is -0.821. The Bertz CT molecular complexity index is 869. The molecule has 140 valence electrons. The van der Waals surface area contributed by atoms with Gasteiger partial charge in [-0.25, -0.2) is 0 Å². The minimum Gasteiger partial charge on any atom is -0.324 e. The van der Waals surface area contributed by atoms with Gasteiger partial charge in [0.05, 0.1) is 11.1 Å². The summed E-state index contributed by atoms with van der Waals surface area (Å²) < 4.78 is 0. The summed E-state index contributed by atoms with van der Waals surface area (Å²) in [6.45, 7) is 5.93. The number of nitrogens with zero attached hydrogens (tertiary/aromatic N) is 1. The molecule has 0 fully saturated rings. The number of benzene rings is 2. The fourth-order valence-electron chi connectivity index (χ4n) is 3.44. The predicted molar refractivity (Wildman–Crippen MR) is 105 cm³/mol. The first-order valence-electron chi connectivity index (χ1n) is 9.29. The zero-order valence-corrected chi connectivity index (χ0v) is 15.9. The van der Waals surface area contributed by atoms with Crippen molar-refractivity contribution in [2.75, 3.05) is 5.32 Å². The fourth-order valence-corrected chi connectivity index (χ4v) is 3.44. The van der Waals surface area contributed by atoms with Crippen molar-refractivity contribution in [3.8, 4) is 0 Å². The first-order valence-corrected chi connectivity index (χ1v) is 9.29. The van der Waals surface area contributed by atoms with Crippen LogP contribution in [-0.4, -0.2) is 28.7 Å². The van der Waals surface area contributed by atoms with Gasteiger partial charge in [0.15, 0.2) is 0 Å². The minimum absolute atomic E-state index is 0.329. The van der Waals surface area contributed by atoms with Crippen molar-refractivity contribution in [3.63, 3.8) is 0 Å². The van der Waals surface area contributed by atoms with Crippen LogP contribution in [0.25, 0.3) is 0 Å². The van der Waals surface area contributed by atoms with Crippen LogP contribution >= 0.6 is 0 Å². The molecule has 1 aliphatic rings. The Morgan fingerprint density at radius 1 is 1.04 bits per heavy atom. The van der Waals surface area contributed by atoms with Crippen LogP contribution in [0.4, 0.5) is 5.69 Å². The number of unbranched alkanes of at least 4 members (excludes halogenated alkanes) is 1. The van der Waals surface area contributed by atoms with Crippen LogP contribution in [0, 0.1) is 13.8 Å². The van der Waals surface area contributed by atoms with E-state index in [2.05, 4.69) is 5.32 Å². The Morgan fingerprint density at radius 2 is 1.67 bits per heavy atom. The molecule has 27 heavy (non-hydrogen) atoms. The molecule has 0 bridgehead atoms. The molecule has 0 aliphatic carbocycles. The van der Waals surface area contributed by atoms with E-state index in [1.165, 1.54) is 0 Å². The van der Waals surface area contributed by atoms with E-state index in [0.717, 1.165) is 28.9 Å². The summed E-state index contributed by atoms with van der Waals surface area (Å²) in [5.74, 6) is -1.12. The molecule has 0 saturated heterocycles. The molecule has 1 unspecified atom stereocenters. The van der Waals surface area contributed by atoms with Crippen LogP contribution in [0.15, 0.2) is 42.5 Å². The molecular formula is C22H24N2O3. The van der Waals surface area contributed by atoms with Gasteiger partial charge in [-0.1, -0.05) is 49.6 Å². The topological polar surface area (TPSA) is 66.5 Å². The Kier molecular flexibility index (Phi) is 5.40. The Balaban J connectivity index is 1.89. The zero-order chi connectivity index (χ0) is 19.6. The summed E-state index contributed by atoms with van der Waals surface area (Å²) in [6, 6.07) is 11.7. The fraction of sp³-hybridized carbons (Fsp3) is 0.318. The van der Waals surface area contributed by atoms with Crippen molar-refractivity contribution in [1.29, 1.82) is 0 Å². The maximum absolute atomic E-state index is 13.0. The Labute approximate surface area is 159 Å². The average molecular weight is 364 g/mol. The number of hydrogen-bond acceptors (Lipinski definition) is 3. The van der Waals surface area contributed by atoms with Crippen molar-refractivity contribution in [3.05, 3.63) is 64.7 Å². The van der Waals surface area contributed by atoms with Crippen molar-refractivity contribution in [1.82, 2.24) is 4.90 Å². The highest BCUT2D eigenvalue weighted by molar-refractivity contribution is 6.23. The van der Waals surface area contributed by atoms with E-state index in [1.807, 2.05) is 39.0 Å². The molecule has 5 heteroatoms. The van der Waals surface area contributed by atoms with Gasteiger partial charge in [0.25, 0.3) is 11.8 Å². The number of fused-ring (bicyclic) bond motifs is 1. The van der Waals surface area contributed by atoms with E-state index >= 15 is 0 Å². The third-order valence-electron chi connectivity index (χ3n) is 4.91. The van der Waals surface area contributed by atoms with Crippen molar-refractivity contribution in [2.24, 2.45) is 0 Å². The average Bonchev–Trinajstić information content (AvgIpc) is 2.90. The molecule has 1 N–H and O–H groups in total. The van der Waals surface area contributed by atoms with Gasteiger partial charge < -0.3 is 5.32 Å². The molecule has 3 rings (SSSR count). The van der Waals surface area contributed by atoms with Crippen LogP contribution < -0.4 is 5.32 Å². The second kappa shape index (κ2) is 7.74. The quantitative estimate of drug-likeness (QED) is 0.785. The highest BCUT2D eigenvalue weighted by Gasteiger charge is 2.42. The summed E-state index contributed by atoms with van der Waals surface area (Å²) in [5.41, 5.74) is 3.48. The maximum atomic E-state index is 13.0. The molecule has 0 aromatic heterocycles. The lowest BCUT2D eigenvalue weighted by atomic mass is 10.1. The lowest BCUT2D eigenvalue weighted by molar-refractivity contribution is -0.120. The molecular weight excluding hydrogens is 340 g/mol. The molecule has 3 amide bonds.